The minimum atomic E-state index is -0.389. The molecule has 3 rings (SSSR count). The molecule has 0 aromatic heterocycles. The van der Waals surface area contributed by atoms with Crippen LogP contribution in [-0.2, 0) is 6.54 Å². The van der Waals surface area contributed by atoms with Crippen LogP contribution in [0.2, 0.25) is 0 Å². The molecule has 2 atom stereocenters. The van der Waals surface area contributed by atoms with Crippen LogP contribution in [0.5, 0.6) is 0 Å². The maximum absolute atomic E-state index is 11.1. The molecule has 0 aliphatic carbocycles. The van der Waals surface area contributed by atoms with Gasteiger partial charge in [0.25, 0.3) is 0 Å². The smallest absolute Gasteiger partial charge is 0.248 e. The van der Waals surface area contributed by atoms with Gasteiger partial charge < -0.3 is 11.1 Å². The summed E-state index contributed by atoms with van der Waals surface area (Å²) in [6.45, 7) is 4.29. The molecule has 0 radical (unpaired) electrons. The molecule has 1 fully saturated rings. The summed E-state index contributed by atoms with van der Waals surface area (Å²) in [6.07, 6.45) is 1.12. The Balaban J connectivity index is 1.59. The number of hydrogen-bond acceptors (Lipinski definition) is 3. The van der Waals surface area contributed by atoms with Crippen molar-refractivity contribution in [1.82, 2.24) is 4.90 Å². The molecular formula is C19H23N3O. The maximum Gasteiger partial charge on any atom is 0.248 e. The van der Waals surface area contributed by atoms with Crippen LogP contribution in [0.15, 0.2) is 54.6 Å². The van der Waals surface area contributed by atoms with Crippen molar-refractivity contribution in [3.8, 4) is 0 Å². The van der Waals surface area contributed by atoms with Crippen molar-refractivity contribution in [3.63, 3.8) is 0 Å². The second-order valence-corrected chi connectivity index (χ2v) is 6.28. The van der Waals surface area contributed by atoms with E-state index in [4.69, 9.17) is 5.73 Å². The minimum Gasteiger partial charge on any atom is -0.381 e. The molecule has 0 bridgehead atoms. The summed E-state index contributed by atoms with van der Waals surface area (Å²) in [6, 6.07) is 18.9. The number of anilines is 1. The minimum absolute atomic E-state index is 0.389. The number of amides is 1. The predicted molar refractivity (Wildman–Crippen MR) is 93.3 cm³/mol. The number of nitrogens with one attached hydrogen (secondary N) is 1. The third kappa shape index (κ3) is 3.90. The van der Waals surface area contributed by atoms with Crippen LogP contribution in [0.4, 0.5) is 5.69 Å². The highest BCUT2D eigenvalue weighted by Crippen LogP contribution is 2.23. The van der Waals surface area contributed by atoms with Crippen LogP contribution in [0.25, 0.3) is 0 Å². The van der Waals surface area contributed by atoms with Crippen molar-refractivity contribution in [3.05, 3.63) is 65.7 Å². The van der Waals surface area contributed by atoms with Crippen LogP contribution in [0.3, 0.4) is 0 Å². The molecule has 2 aromatic carbocycles. The van der Waals surface area contributed by atoms with Crippen molar-refractivity contribution >= 4 is 11.6 Å². The zero-order chi connectivity index (χ0) is 16.2. The Labute approximate surface area is 137 Å². The highest BCUT2D eigenvalue weighted by molar-refractivity contribution is 5.93. The molecule has 2 aromatic rings. The molecule has 1 saturated heterocycles. The van der Waals surface area contributed by atoms with Crippen LogP contribution in [0.1, 0.15) is 29.3 Å². The van der Waals surface area contributed by atoms with E-state index in [2.05, 4.69) is 47.5 Å². The Hall–Kier alpha value is -2.33. The quantitative estimate of drug-likeness (QED) is 0.893. The van der Waals surface area contributed by atoms with E-state index in [0.717, 1.165) is 25.2 Å². The molecule has 4 nitrogen and oxygen atoms in total. The van der Waals surface area contributed by atoms with E-state index in [1.165, 1.54) is 5.56 Å². The van der Waals surface area contributed by atoms with Crippen LogP contribution in [-0.4, -0.2) is 29.4 Å². The Bertz CT molecular complexity index is 654. The lowest BCUT2D eigenvalue weighted by Gasteiger charge is -2.21. The van der Waals surface area contributed by atoms with Gasteiger partial charge in [0.2, 0.25) is 5.91 Å². The standard InChI is InChI=1S/C19H23N3O/c1-14-11-18(13-22(14)12-15-5-3-2-4-6-15)21-17-9-7-16(8-10-17)19(20)23/h2-10,14,18,21H,11-13H2,1H3,(H2,20,23)/t14-,18+/m1/s1. The monoisotopic (exact) mass is 309 g/mol. The fourth-order valence-corrected chi connectivity index (χ4v) is 3.21. The molecule has 0 spiro atoms. The van der Waals surface area contributed by atoms with Gasteiger partial charge in [-0.05, 0) is 43.2 Å². The normalized spacial score (nSPS) is 21.3. The number of nitrogens with zero attached hydrogens (tertiary/aromatic N) is 1. The molecule has 23 heavy (non-hydrogen) atoms. The summed E-state index contributed by atoms with van der Waals surface area (Å²) in [5, 5.41) is 3.56. The zero-order valence-electron chi connectivity index (χ0n) is 13.4. The van der Waals surface area contributed by atoms with Crippen molar-refractivity contribution in [2.45, 2.75) is 32.0 Å². The Morgan fingerprint density at radius 1 is 1.17 bits per heavy atom. The van der Waals surface area contributed by atoms with Gasteiger partial charge >= 0.3 is 0 Å². The van der Waals surface area contributed by atoms with Gasteiger partial charge in [-0.2, -0.15) is 0 Å². The predicted octanol–water partition coefficient (Wildman–Crippen LogP) is 2.86. The summed E-state index contributed by atoms with van der Waals surface area (Å²) in [5.74, 6) is -0.389. The SMILES string of the molecule is C[C@@H]1C[C@H](Nc2ccc(C(N)=O)cc2)CN1Cc1ccccc1. The van der Waals surface area contributed by atoms with Gasteiger partial charge in [0.15, 0.2) is 0 Å². The molecule has 4 heteroatoms. The highest BCUT2D eigenvalue weighted by Gasteiger charge is 2.28. The van der Waals surface area contributed by atoms with E-state index >= 15 is 0 Å². The number of carbonyl (C=O) groups excluding carboxylic acids is 1. The van der Waals surface area contributed by atoms with Crippen molar-refractivity contribution in [2.75, 3.05) is 11.9 Å². The number of benzene rings is 2. The lowest BCUT2D eigenvalue weighted by Crippen LogP contribution is -2.28. The Morgan fingerprint density at radius 2 is 1.87 bits per heavy atom. The van der Waals surface area contributed by atoms with Crippen LogP contribution < -0.4 is 11.1 Å². The number of carbonyl (C=O) groups is 1. The molecule has 0 unspecified atom stereocenters. The van der Waals surface area contributed by atoms with Gasteiger partial charge in [-0.15, -0.1) is 0 Å². The van der Waals surface area contributed by atoms with Crippen molar-refractivity contribution in [2.24, 2.45) is 5.73 Å². The largest absolute Gasteiger partial charge is 0.381 e. The van der Waals surface area contributed by atoms with E-state index < -0.39 is 0 Å². The highest BCUT2D eigenvalue weighted by atomic mass is 16.1. The zero-order valence-corrected chi connectivity index (χ0v) is 13.4. The fourth-order valence-electron chi connectivity index (χ4n) is 3.21. The number of likely N-dealkylation sites (tertiary alicyclic amines) is 1. The average molecular weight is 309 g/mol. The van der Waals surface area contributed by atoms with Crippen LogP contribution in [0, 0.1) is 0 Å². The number of nitrogens with two attached hydrogens (primary N) is 1. The van der Waals surface area contributed by atoms with E-state index in [1.807, 2.05) is 12.1 Å². The topological polar surface area (TPSA) is 58.4 Å². The Kier molecular flexibility index (Phi) is 4.63. The first-order valence-corrected chi connectivity index (χ1v) is 8.06. The third-order valence-electron chi connectivity index (χ3n) is 4.47. The molecule has 1 heterocycles. The van der Waals surface area contributed by atoms with Gasteiger partial charge in [-0.25, -0.2) is 0 Å². The van der Waals surface area contributed by atoms with Gasteiger partial charge in [-0.1, -0.05) is 30.3 Å². The van der Waals surface area contributed by atoms with E-state index in [0.29, 0.717) is 17.6 Å². The molecule has 1 amide bonds. The lowest BCUT2D eigenvalue weighted by molar-refractivity contribution is 0.100. The van der Waals surface area contributed by atoms with E-state index in [9.17, 15) is 4.79 Å². The number of primary amides is 1. The maximum atomic E-state index is 11.1. The second kappa shape index (κ2) is 6.84. The molecule has 3 N–H and O–H groups in total. The number of hydrogen-bond donors (Lipinski definition) is 2. The van der Waals surface area contributed by atoms with Gasteiger partial charge in [0.1, 0.15) is 0 Å². The molecular weight excluding hydrogens is 286 g/mol. The van der Waals surface area contributed by atoms with Gasteiger partial charge in [0.05, 0.1) is 0 Å². The van der Waals surface area contributed by atoms with E-state index in [1.54, 1.807) is 12.1 Å². The first-order chi connectivity index (χ1) is 11.1. The van der Waals surface area contributed by atoms with Crippen LogP contribution >= 0.6 is 0 Å². The molecule has 120 valence electrons. The average Bonchev–Trinajstić information content (AvgIpc) is 2.88. The summed E-state index contributed by atoms with van der Waals surface area (Å²) in [4.78, 5) is 13.6. The van der Waals surface area contributed by atoms with Crippen molar-refractivity contribution in [1.29, 1.82) is 0 Å². The van der Waals surface area contributed by atoms with Gasteiger partial charge in [-0.3, -0.25) is 9.69 Å². The molecule has 0 saturated carbocycles. The summed E-state index contributed by atoms with van der Waals surface area (Å²) in [5.41, 5.74) is 8.20. The Morgan fingerprint density at radius 3 is 2.52 bits per heavy atom. The van der Waals surface area contributed by atoms with E-state index in [-0.39, 0.29) is 5.91 Å². The summed E-state index contributed by atoms with van der Waals surface area (Å²) >= 11 is 0. The van der Waals surface area contributed by atoms with Gasteiger partial charge in [0, 0.05) is 36.4 Å². The first kappa shape index (κ1) is 15.6. The third-order valence-corrected chi connectivity index (χ3v) is 4.47. The molecule has 1 aliphatic heterocycles. The summed E-state index contributed by atoms with van der Waals surface area (Å²) in [7, 11) is 0. The lowest BCUT2D eigenvalue weighted by atomic mass is 10.1. The second-order valence-electron chi connectivity index (χ2n) is 6.28. The molecule has 1 aliphatic rings. The first-order valence-electron chi connectivity index (χ1n) is 8.06. The number of rotatable bonds is 5. The fraction of sp³-hybridized carbons (Fsp3) is 0.316. The summed E-state index contributed by atoms with van der Waals surface area (Å²) < 4.78 is 0. The van der Waals surface area contributed by atoms with Crippen molar-refractivity contribution < 1.29 is 4.79 Å².